The maximum atomic E-state index is 12.0. The molecule has 0 aliphatic heterocycles. The Morgan fingerprint density at radius 3 is 2.65 bits per heavy atom. The number of nitro benzene ring substituents is 1. The maximum Gasteiger partial charge on any atom is 0.273 e. The molecule has 110 valence electrons. The Labute approximate surface area is 118 Å². The van der Waals surface area contributed by atoms with Gasteiger partial charge in [-0.05, 0) is 33.0 Å². The first-order valence-electron chi connectivity index (χ1n) is 6.49. The zero-order valence-electron chi connectivity index (χ0n) is 12.3. The van der Waals surface area contributed by atoms with Gasteiger partial charge in [0.1, 0.15) is 0 Å². The smallest absolute Gasteiger partial charge is 0.273 e. The van der Waals surface area contributed by atoms with Gasteiger partial charge in [0.2, 0.25) is 0 Å². The number of hydrogen-bond acceptors (Lipinski definition) is 4. The van der Waals surface area contributed by atoms with Crippen molar-refractivity contribution < 1.29 is 9.72 Å². The third kappa shape index (κ3) is 4.62. The number of carbonyl (C=O) groups is 1. The molecule has 1 atom stereocenters. The number of amides is 1. The van der Waals surface area contributed by atoms with Crippen molar-refractivity contribution in [2.24, 2.45) is 5.92 Å². The topological polar surface area (TPSA) is 75.5 Å². The predicted molar refractivity (Wildman–Crippen MR) is 77.9 cm³/mol. The summed E-state index contributed by atoms with van der Waals surface area (Å²) >= 11 is 0. The zero-order chi connectivity index (χ0) is 15.3. The Hall–Kier alpha value is -1.95. The molecule has 0 aliphatic rings. The van der Waals surface area contributed by atoms with E-state index in [4.69, 9.17) is 0 Å². The standard InChI is InChI=1S/C14H21N3O3/c1-10(9-16(3)4)8-15-14(18)12-6-5-11(2)13(7-12)17(19)20/h5-7,10H,8-9H2,1-4H3,(H,15,18)/t10-/m0/s1. The fraction of sp³-hybridized carbons (Fsp3) is 0.500. The average Bonchev–Trinajstić information content (AvgIpc) is 2.35. The van der Waals surface area contributed by atoms with E-state index in [-0.39, 0.29) is 11.6 Å². The zero-order valence-corrected chi connectivity index (χ0v) is 12.3. The molecule has 1 aromatic carbocycles. The molecule has 1 aromatic rings. The van der Waals surface area contributed by atoms with Crippen molar-refractivity contribution in [1.29, 1.82) is 0 Å². The van der Waals surface area contributed by atoms with Crippen LogP contribution >= 0.6 is 0 Å². The predicted octanol–water partition coefficient (Wildman–Crippen LogP) is 1.83. The van der Waals surface area contributed by atoms with E-state index in [9.17, 15) is 14.9 Å². The van der Waals surface area contributed by atoms with Crippen molar-refractivity contribution in [3.63, 3.8) is 0 Å². The molecule has 6 heteroatoms. The van der Waals surface area contributed by atoms with E-state index in [0.717, 1.165) is 6.54 Å². The summed E-state index contributed by atoms with van der Waals surface area (Å²) in [6, 6.07) is 4.52. The number of rotatable bonds is 6. The summed E-state index contributed by atoms with van der Waals surface area (Å²) in [6.07, 6.45) is 0. The minimum atomic E-state index is -0.471. The van der Waals surface area contributed by atoms with Crippen molar-refractivity contribution in [3.05, 3.63) is 39.4 Å². The lowest BCUT2D eigenvalue weighted by atomic mass is 10.1. The van der Waals surface area contributed by atoms with Crippen LogP contribution in [0, 0.1) is 23.0 Å². The van der Waals surface area contributed by atoms with Crippen LogP contribution in [0.15, 0.2) is 18.2 Å². The minimum Gasteiger partial charge on any atom is -0.352 e. The van der Waals surface area contributed by atoms with Gasteiger partial charge in [-0.1, -0.05) is 13.0 Å². The van der Waals surface area contributed by atoms with E-state index in [1.54, 1.807) is 19.1 Å². The van der Waals surface area contributed by atoms with Gasteiger partial charge >= 0.3 is 0 Å². The normalized spacial score (nSPS) is 12.2. The summed E-state index contributed by atoms with van der Waals surface area (Å²) in [4.78, 5) is 24.4. The second-order valence-corrected chi connectivity index (χ2v) is 5.34. The average molecular weight is 279 g/mol. The van der Waals surface area contributed by atoms with Crippen LogP contribution in [-0.2, 0) is 0 Å². The van der Waals surface area contributed by atoms with Crippen LogP contribution in [-0.4, -0.2) is 42.9 Å². The third-order valence-corrected chi connectivity index (χ3v) is 2.96. The second kappa shape index (κ2) is 7.00. The van der Waals surface area contributed by atoms with Crippen LogP contribution in [0.4, 0.5) is 5.69 Å². The largest absolute Gasteiger partial charge is 0.352 e. The first-order valence-corrected chi connectivity index (χ1v) is 6.49. The summed E-state index contributed by atoms with van der Waals surface area (Å²) in [7, 11) is 3.95. The van der Waals surface area contributed by atoms with Crippen LogP contribution in [0.25, 0.3) is 0 Å². The quantitative estimate of drug-likeness (QED) is 0.636. The Kier molecular flexibility index (Phi) is 5.64. The summed E-state index contributed by atoms with van der Waals surface area (Å²) < 4.78 is 0. The number of carbonyl (C=O) groups excluding carboxylic acids is 1. The molecule has 0 saturated heterocycles. The number of hydrogen-bond donors (Lipinski definition) is 1. The molecule has 0 saturated carbocycles. The van der Waals surface area contributed by atoms with E-state index in [2.05, 4.69) is 5.32 Å². The number of nitrogens with zero attached hydrogens (tertiary/aromatic N) is 2. The van der Waals surface area contributed by atoms with Crippen LogP contribution in [0.5, 0.6) is 0 Å². The molecule has 0 spiro atoms. The fourth-order valence-corrected chi connectivity index (χ4v) is 2.00. The van der Waals surface area contributed by atoms with Crippen LogP contribution in [0.2, 0.25) is 0 Å². The van der Waals surface area contributed by atoms with Crippen molar-refractivity contribution >= 4 is 11.6 Å². The van der Waals surface area contributed by atoms with E-state index in [1.165, 1.54) is 6.07 Å². The molecular weight excluding hydrogens is 258 g/mol. The van der Waals surface area contributed by atoms with E-state index in [1.807, 2.05) is 25.9 Å². The van der Waals surface area contributed by atoms with Gasteiger partial charge in [-0.2, -0.15) is 0 Å². The Balaban J connectivity index is 2.69. The van der Waals surface area contributed by atoms with E-state index < -0.39 is 4.92 Å². The number of aryl methyl sites for hydroxylation is 1. The molecule has 0 radical (unpaired) electrons. The SMILES string of the molecule is Cc1ccc(C(=O)NC[C@H](C)CN(C)C)cc1[N+](=O)[O-]. The van der Waals surface area contributed by atoms with Gasteiger partial charge in [0.25, 0.3) is 11.6 Å². The number of nitrogens with one attached hydrogen (secondary N) is 1. The molecule has 1 rings (SSSR count). The summed E-state index contributed by atoms with van der Waals surface area (Å²) in [5.41, 5.74) is 0.839. The van der Waals surface area contributed by atoms with Crippen molar-refractivity contribution in [2.75, 3.05) is 27.2 Å². The highest BCUT2D eigenvalue weighted by Gasteiger charge is 2.15. The molecule has 0 aromatic heterocycles. The van der Waals surface area contributed by atoms with E-state index >= 15 is 0 Å². The highest BCUT2D eigenvalue weighted by molar-refractivity contribution is 5.94. The maximum absolute atomic E-state index is 12.0. The number of benzene rings is 1. The van der Waals surface area contributed by atoms with Crippen molar-refractivity contribution in [1.82, 2.24) is 10.2 Å². The van der Waals surface area contributed by atoms with Crippen LogP contribution in [0.1, 0.15) is 22.8 Å². The monoisotopic (exact) mass is 279 g/mol. The van der Waals surface area contributed by atoms with Crippen molar-refractivity contribution in [3.8, 4) is 0 Å². The second-order valence-electron chi connectivity index (χ2n) is 5.34. The molecule has 0 heterocycles. The van der Waals surface area contributed by atoms with Crippen LogP contribution in [0.3, 0.4) is 0 Å². The lowest BCUT2D eigenvalue weighted by Crippen LogP contribution is -2.32. The van der Waals surface area contributed by atoms with Crippen molar-refractivity contribution in [2.45, 2.75) is 13.8 Å². The molecule has 0 fully saturated rings. The summed E-state index contributed by atoms with van der Waals surface area (Å²) in [6.45, 7) is 5.10. The molecule has 1 N–H and O–H groups in total. The fourth-order valence-electron chi connectivity index (χ4n) is 2.00. The Bertz CT molecular complexity index is 500. The van der Waals surface area contributed by atoms with Gasteiger partial charge in [-0.3, -0.25) is 14.9 Å². The van der Waals surface area contributed by atoms with Gasteiger partial charge in [0, 0.05) is 30.3 Å². The highest BCUT2D eigenvalue weighted by atomic mass is 16.6. The third-order valence-electron chi connectivity index (χ3n) is 2.96. The Morgan fingerprint density at radius 1 is 1.45 bits per heavy atom. The number of nitro groups is 1. The minimum absolute atomic E-state index is 0.0287. The van der Waals surface area contributed by atoms with Gasteiger partial charge in [-0.25, -0.2) is 0 Å². The summed E-state index contributed by atoms with van der Waals surface area (Å²) in [5, 5.41) is 13.7. The molecule has 0 aliphatic carbocycles. The summed E-state index contributed by atoms with van der Waals surface area (Å²) in [5.74, 6) is 0.0353. The molecule has 1 amide bonds. The van der Waals surface area contributed by atoms with E-state index in [0.29, 0.717) is 23.6 Å². The van der Waals surface area contributed by atoms with Crippen LogP contribution < -0.4 is 5.32 Å². The first-order chi connectivity index (χ1) is 9.31. The molecule has 0 bridgehead atoms. The lowest BCUT2D eigenvalue weighted by molar-refractivity contribution is -0.385. The first kappa shape index (κ1) is 16.1. The molecule has 20 heavy (non-hydrogen) atoms. The molecule has 0 unspecified atom stereocenters. The van der Waals surface area contributed by atoms with Gasteiger partial charge in [-0.15, -0.1) is 0 Å². The lowest BCUT2D eigenvalue weighted by Gasteiger charge is -2.17. The van der Waals surface area contributed by atoms with Gasteiger partial charge in [0.15, 0.2) is 0 Å². The van der Waals surface area contributed by atoms with Gasteiger partial charge in [0.05, 0.1) is 4.92 Å². The highest BCUT2D eigenvalue weighted by Crippen LogP contribution is 2.19. The Morgan fingerprint density at radius 2 is 2.10 bits per heavy atom. The van der Waals surface area contributed by atoms with Gasteiger partial charge < -0.3 is 10.2 Å². The molecular formula is C14H21N3O3. The molecule has 6 nitrogen and oxygen atoms in total.